The lowest BCUT2D eigenvalue weighted by Crippen LogP contribution is -2.48. The molecule has 0 aliphatic carbocycles. The average molecular weight is 397 g/mol. The van der Waals surface area contributed by atoms with Crippen molar-refractivity contribution in [3.05, 3.63) is 70.2 Å². The summed E-state index contributed by atoms with van der Waals surface area (Å²) in [6, 6.07) is 17.6. The second kappa shape index (κ2) is 9.59. The summed E-state index contributed by atoms with van der Waals surface area (Å²) < 4.78 is 0. The number of piperidine rings is 1. The number of hydrogen-bond acceptors (Lipinski definition) is 3. The van der Waals surface area contributed by atoms with Gasteiger partial charge >= 0.3 is 6.03 Å². The van der Waals surface area contributed by atoms with Crippen LogP contribution in [0, 0.1) is 11.3 Å². The Balaban J connectivity index is 1.44. The first-order valence-corrected chi connectivity index (χ1v) is 9.89. The molecule has 5 nitrogen and oxygen atoms in total. The Morgan fingerprint density at radius 3 is 2.61 bits per heavy atom. The van der Waals surface area contributed by atoms with Crippen LogP contribution in [0.4, 0.5) is 4.79 Å². The third kappa shape index (κ3) is 5.72. The van der Waals surface area contributed by atoms with Gasteiger partial charge in [-0.25, -0.2) is 4.79 Å². The minimum absolute atomic E-state index is 0.0708. The van der Waals surface area contributed by atoms with Gasteiger partial charge < -0.3 is 10.2 Å². The van der Waals surface area contributed by atoms with Crippen LogP contribution in [0.5, 0.6) is 0 Å². The van der Waals surface area contributed by atoms with Crippen molar-refractivity contribution in [1.29, 1.82) is 5.26 Å². The molecule has 1 heterocycles. The molecule has 0 spiro atoms. The minimum atomic E-state index is -0.0708. The van der Waals surface area contributed by atoms with Gasteiger partial charge in [0, 0.05) is 44.3 Å². The van der Waals surface area contributed by atoms with Gasteiger partial charge in [0.1, 0.15) is 0 Å². The highest BCUT2D eigenvalue weighted by Gasteiger charge is 2.22. The highest BCUT2D eigenvalue weighted by molar-refractivity contribution is 6.30. The van der Waals surface area contributed by atoms with Gasteiger partial charge in [-0.3, -0.25) is 4.90 Å². The molecule has 0 aromatic heterocycles. The minimum Gasteiger partial charge on any atom is -0.335 e. The topological polar surface area (TPSA) is 59.4 Å². The number of carbonyl (C=O) groups excluding carboxylic acids is 1. The second-order valence-electron chi connectivity index (χ2n) is 7.29. The van der Waals surface area contributed by atoms with E-state index in [9.17, 15) is 4.79 Å². The standard InChI is InChI=1S/C22H25ClN4O/c1-26(15-19-4-2-3-18(13-19)14-24)22(28)25-21-9-11-27(12-10-21)16-17-5-7-20(23)8-6-17/h2-8,13,21H,9-12,15-16H2,1H3,(H,25,28). The Morgan fingerprint density at radius 1 is 1.21 bits per heavy atom. The van der Waals surface area contributed by atoms with Crippen LogP contribution < -0.4 is 5.32 Å². The lowest BCUT2D eigenvalue weighted by molar-refractivity contribution is 0.173. The number of nitrogens with zero attached hydrogens (tertiary/aromatic N) is 3. The van der Waals surface area contributed by atoms with E-state index in [1.54, 1.807) is 18.0 Å². The van der Waals surface area contributed by atoms with Crippen molar-refractivity contribution in [1.82, 2.24) is 15.1 Å². The first-order chi connectivity index (χ1) is 13.5. The third-order valence-electron chi connectivity index (χ3n) is 5.06. The lowest BCUT2D eigenvalue weighted by Gasteiger charge is -2.33. The quantitative estimate of drug-likeness (QED) is 0.830. The Bertz CT molecular complexity index is 838. The highest BCUT2D eigenvalue weighted by Crippen LogP contribution is 2.16. The maximum Gasteiger partial charge on any atom is 0.317 e. The smallest absolute Gasteiger partial charge is 0.317 e. The number of urea groups is 1. The number of carbonyl (C=O) groups is 1. The number of halogens is 1. The van der Waals surface area contributed by atoms with E-state index in [2.05, 4.69) is 28.4 Å². The summed E-state index contributed by atoms with van der Waals surface area (Å²) in [5.74, 6) is 0. The Kier molecular flexibility index (Phi) is 6.91. The fraction of sp³-hybridized carbons (Fsp3) is 0.364. The molecule has 0 saturated carbocycles. The molecule has 1 fully saturated rings. The Labute approximate surface area is 171 Å². The number of amides is 2. The monoisotopic (exact) mass is 396 g/mol. The van der Waals surface area contributed by atoms with Gasteiger partial charge in [0.05, 0.1) is 11.6 Å². The number of rotatable bonds is 5. The van der Waals surface area contributed by atoms with Gasteiger partial charge in [-0.15, -0.1) is 0 Å². The molecular formula is C22H25ClN4O. The van der Waals surface area contributed by atoms with Gasteiger partial charge in [-0.05, 0) is 48.2 Å². The molecule has 1 aliphatic heterocycles. The van der Waals surface area contributed by atoms with Gasteiger partial charge in [-0.2, -0.15) is 5.26 Å². The highest BCUT2D eigenvalue weighted by atomic mass is 35.5. The van der Waals surface area contributed by atoms with E-state index in [1.807, 2.05) is 30.3 Å². The van der Waals surface area contributed by atoms with Crippen LogP contribution in [-0.2, 0) is 13.1 Å². The molecule has 1 saturated heterocycles. The number of nitriles is 1. The molecule has 2 amide bonds. The van der Waals surface area contributed by atoms with Crippen molar-refractivity contribution in [2.45, 2.75) is 32.0 Å². The van der Waals surface area contributed by atoms with E-state index in [0.717, 1.165) is 43.1 Å². The van der Waals surface area contributed by atoms with Gasteiger partial charge in [0.25, 0.3) is 0 Å². The first kappa shape index (κ1) is 20.2. The van der Waals surface area contributed by atoms with Crippen LogP contribution in [0.25, 0.3) is 0 Å². The largest absolute Gasteiger partial charge is 0.335 e. The third-order valence-corrected chi connectivity index (χ3v) is 5.31. The summed E-state index contributed by atoms with van der Waals surface area (Å²) in [5.41, 5.74) is 2.82. The van der Waals surface area contributed by atoms with E-state index in [0.29, 0.717) is 12.1 Å². The summed E-state index contributed by atoms with van der Waals surface area (Å²) >= 11 is 5.94. The van der Waals surface area contributed by atoms with Crippen molar-refractivity contribution in [2.75, 3.05) is 20.1 Å². The fourth-order valence-corrected chi connectivity index (χ4v) is 3.58. The van der Waals surface area contributed by atoms with Crippen molar-refractivity contribution >= 4 is 17.6 Å². The first-order valence-electron chi connectivity index (χ1n) is 9.51. The maximum atomic E-state index is 12.5. The Morgan fingerprint density at radius 2 is 1.93 bits per heavy atom. The fourth-order valence-electron chi connectivity index (χ4n) is 3.45. The molecule has 0 radical (unpaired) electrons. The van der Waals surface area contributed by atoms with Gasteiger partial charge in [0.2, 0.25) is 0 Å². The number of likely N-dealkylation sites (tertiary alicyclic amines) is 1. The molecule has 146 valence electrons. The molecule has 3 rings (SSSR count). The summed E-state index contributed by atoms with van der Waals surface area (Å²) in [6.07, 6.45) is 1.88. The zero-order valence-electron chi connectivity index (χ0n) is 16.1. The normalized spacial score (nSPS) is 15.0. The van der Waals surface area contributed by atoms with Crippen molar-refractivity contribution in [2.24, 2.45) is 0 Å². The molecular weight excluding hydrogens is 372 g/mol. The van der Waals surface area contributed by atoms with E-state index in [4.69, 9.17) is 16.9 Å². The number of benzene rings is 2. The molecule has 0 atom stereocenters. The predicted molar refractivity (Wildman–Crippen MR) is 111 cm³/mol. The van der Waals surface area contributed by atoms with Crippen molar-refractivity contribution in [3.8, 4) is 6.07 Å². The zero-order chi connectivity index (χ0) is 19.9. The maximum absolute atomic E-state index is 12.5. The molecule has 1 N–H and O–H groups in total. The number of hydrogen-bond donors (Lipinski definition) is 1. The summed E-state index contributed by atoms with van der Waals surface area (Å²) in [5, 5.41) is 12.9. The Hall–Kier alpha value is -2.55. The zero-order valence-corrected chi connectivity index (χ0v) is 16.8. The summed E-state index contributed by atoms with van der Waals surface area (Å²) in [6.45, 7) is 3.31. The average Bonchev–Trinajstić information content (AvgIpc) is 2.71. The van der Waals surface area contributed by atoms with Gasteiger partial charge in [-0.1, -0.05) is 35.9 Å². The predicted octanol–water partition coefficient (Wildman–Crippen LogP) is 4.02. The van der Waals surface area contributed by atoms with E-state index < -0.39 is 0 Å². The van der Waals surface area contributed by atoms with E-state index in [1.165, 1.54) is 5.56 Å². The summed E-state index contributed by atoms with van der Waals surface area (Å²) in [4.78, 5) is 16.6. The SMILES string of the molecule is CN(Cc1cccc(C#N)c1)C(=O)NC1CCN(Cc2ccc(Cl)cc2)CC1. The summed E-state index contributed by atoms with van der Waals surface area (Å²) in [7, 11) is 1.78. The molecule has 0 unspecified atom stereocenters. The molecule has 2 aromatic carbocycles. The van der Waals surface area contributed by atoms with E-state index >= 15 is 0 Å². The molecule has 2 aromatic rings. The van der Waals surface area contributed by atoms with Gasteiger partial charge in [0.15, 0.2) is 0 Å². The van der Waals surface area contributed by atoms with Crippen LogP contribution in [0.3, 0.4) is 0 Å². The van der Waals surface area contributed by atoms with Crippen LogP contribution in [0.2, 0.25) is 5.02 Å². The van der Waals surface area contributed by atoms with Crippen LogP contribution in [-0.4, -0.2) is 42.0 Å². The van der Waals surface area contributed by atoms with Crippen LogP contribution >= 0.6 is 11.6 Å². The van der Waals surface area contributed by atoms with Crippen LogP contribution in [0.1, 0.15) is 29.5 Å². The number of nitrogens with one attached hydrogen (secondary N) is 1. The molecule has 0 bridgehead atoms. The van der Waals surface area contributed by atoms with E-state index in [-0.39, 0.29) is 12.1 Å². The second-order valence-corrected chi connectivity index (χ2v) is 7.73. The lowest BCUT2D eigenvalue weighted by atomic mass is 10.0. The van der Waals surface area contributed by atoms with Crippen molar-refractivity contribution < 1.29 is 4.79 Å². The van der Waals surface area contributed by atoms with Crippen LogP contribution in [0.15, 0.2) is 48.5 Å². The molecule has 28 heavy (non-hydrogen) atoms. The molecule has 6 heteroatoms. The molecule has 1 aliphatic rings. The van der Waals surface area contributed by atoms with Crippen molar-refractivity contribution in [3.63, 3.8) is 0 Å².